The third-order valence-corrected chi connectivity index (χ3v) is 3.09. The van der Waals surface area contributed by atoms with Gasteiger partial charge in [-0.3, -0.25) is 0 Å². The highest BCUT2D eigenvalue weighted by atomic mass is 14.9. The Morgan fingerprint density at radius 2 is 1.77 bits per heavy atom. The fourth-order valence-electron chi connectivity index (χ4n) is 1.71. The molecule has 1 nitrogen and oxygen atoms in total. The summed E-state index contributed by atoms with van der Waals surface area (Å²) in [5, 5.41) is 3.57. The maximum atomic E-state index is 3.57. The van der Waals surface area contributed by atoms with Gasteiger partial charge in [0.15, 0.2) is 0 Å². The zero-order valence-electron chi connectivity index (χ0n) is 9.69. The maximum absolute atomic E-state index is 3.57. The fourth-order valence-corrected chi connectivity index (χ4v) is 1.71. The van der Waals surface area contributed by atoms with Gasteiger partial charge >= 0.3 is 0 Å². The fraction of sp³-hybridized carbons (Fsp3) is 1.00. The molecular weight excluding hydrogens is 158 g/mol. The van der Waals surface area contributed by atoms with E-state index in [1.54, 1.807) is 0 Å². The van der Waals surface area contributed by atoms with Crippen molar-refractivity contribution in [2.75, 3.05) is 6.54 Å². The topological polar surface area (TPSA) is 12.0 Å². The molecule has 0 aromatic heterocycles. The maximum Gasteiger partial charge on any atom is 0.00106 e. The summed E-state index contributed by atoms with van der Waals surface area (Å²) < 4.78 is 0. The highest BCUT2D eigenvalue weighted by Gasteiger charge is 2.41. The van der Waals surface area contributed by atoms with Gasteiger partial charge in [0.1, 0.15) is 0 Å². The van der Waals surface area contributed by atoms with Crippen molar-refractivity contribution in [1.82, 2.24) is 5.32 Å². The normalized spacial score (nSPS) is 19.8. The predicted molar refractivity (Wildman–Crippen MR) is 58.9 cm³/mol. The third kappa shape index (κ3) is 4.12. The Morgan fingerprint density at radius 1 is 1.15 bits per heavy atom. The van der Waals surface area contributed by atoms with Crippen LogP contribution in [-0.4, -0.2) is 12.6 Å². The van der Waals surface area contributed by atoms with Crippen molar-refractivity contribution in [3.63, 3.8) is 0 Å². The molecule has 0 radical (unpaired) electrons. The minimum atomic E-state index is 0.650. The molecular formula is C12H25N. The summed E-state index contributed by atoms with van der Waals surface area (Å²) in [5.74, 6) is 0.872. The molecule has 0 atom stereocenters. The van der Waals surface area contributed by atoms with Crippen molar-refractivity contribution in [3.8, 4) is 0 Å². The third-order valence-electron chi connectivity index (χ3n) is 3.09. The summed E-state index contributed by atoms with van der Waals surface area (Å²) in [6.45, 7) is 10.4. The molecule has 0 amide bonds. The summed E-state index contributed by atoms with van der Waals surface area (Å²) in [6.07, 6.45) is 5.75. The van der Waals surface area contributed by atoms with Crippen LogP contribution in [0, 0.1) is 11.3 Å². The average Bonchev–Trinajstić information content (AvgIpc) is 2.78. The zero-order valence-corrected chi connectivity index (χ0v) is 9.69. The first-order chi connectivity index (χ1) is 6.04. The second-order valence-corrected chi connectivity index (χ2v) is 5.47. The lowest BCUT2D eigenvalue weighted by Gasteiger charge is -2.18. The Kier molecular flexibility index (Phi) is 3.78. The minimum Gasteiger partial charge on any atom is -0.314 e. The largest absolute Gasteiger partial charge is 0.314 e. The van der Waals surface area contributed by atoms with E-state index in [-0.39, 0.29) is 0 Å². The van der Waals surface area contributed by atoms with E-state index in [1.807, 2.05) is 0 Å². The molecule has 0 unspecified atom stereocenters. The molecule has 1 aliphatic carbocycles. The summed E-state index contributed by atoms with van der Waals surface area (Å²) in [5.41, 5.74) is 0.703. The molecule has 0 spiro atoms. The molecule has 78 valence electrons. The van der Waals surface area contributed by atoms with Crippen molar-refractivity contribution >= 4 is 0 Å². The highest BCUT2D eigenvalue weighted by molar-refractivity contribution is 4.95. The minimum absolute atomic E-state index is 0.650. The first kappa shape index (κ1) is 11.0. The molecule has 0 aromatic carbocycles. The second kappa shape index (κ2) is 4.45. The van der Waals surface area contributed by atoms with Crippen LogP contribution in [0.4, 0.5) is 0 Å². The van der Waals surface area contributed by atoms with Gasteiger partial charge in [0.2, 0.25) is 0 Å². The lowest BCUT2D eigenvalue weighted by molar-refractivity contribution is 0.370. The van der Waals surface area contributed by atoms with Gasteiger partial charge in [0.05, 0.1) is 0 Å². The monoisotopic (exact) mass is 183 g/mol. The molecule has 13 heavy (non-hydrogen) atoms. The Hall–Kier alpha value is -0.0400. The van der Waals surface area contributed by atoms with Gasteiger partial charge < -0.3 is 5.32 Å². The number of nitrogens with one attached hydrogen (secondary N) is 1. The Labute approximate surface area is 83.3 Å². The van der Waals surface area contributed by atoms with E-state index in [4.69, 9.17) is 0 Å². The van der Waals surface area contributed by atoms with Crippen LogP contribution in [-0.2, 0) is 0 Å². The number of rotatable bonds is 6. The van der Waals surface area contributed by atoms with Crippen molar-refractivity contribution in [2.45, 2.75) is 59.4 Å². The van der Waals surface area contributed by atoms with Crippen LogP contribution in [0.1, 0.15) is 53.4 Å². The highest BCUT2D eigenvalue weighted by Crippen LogP contribution is 2.49. The van der Waals surface area contributed by atoms with Crippen molar-refractivity contribution in [3.05, 3.63) is 0 Å². The van der Waals surface area contributed by atoms with Crippen LogP contribution < -0.4 is 5.32 Å². The summed E-state index contributed by atoms with van der Waals surface area (Å²) in [6, 6.07) is 0.650. The molecule has 1 aliphatic rings. The smallest absolute Gasteiger partial charge is 0.00106 e. The molecule has 1 rings (SSSR count). The van der Waals surface area contributed by atoms with Crippen LogP contribution in [0.25, 0.3) is 0 Å². The Morgan fingerprint density at radius 3 is 2.15 bits per heavy atom. The lowest BCUT2D eigenvalue weighted by Crippen LogP contribution is -2.30. The average molecular weight is 183 g/mol. The molecule has 1 fully saturated rings. The van der Waals surface area contributed by atoms with Crippen LogP contribution in [0.5, 0.6) is 0 Å². The van der Waals surface area contributed by atoms with Gasteiger partial charge in [-0.05, 0) is 30.6 Å². The first-order valence-corrected chi connectivity index (χ1v) is 5.77. The van der Waals surface area contributed by atoms with Crippen LogP contribution in [0.15, 0.2) is 0 Å². The van der Waals surface area contributed by atoms with Crippen LogP contribution in [0.3, 0.4) is 0 Å². The first-order valence-electron chi connectivity index (χ1n) is 5.77. The Bertz CT molecular complexity index is 131. The molecule has 0 aliphatic heterocycles. The van der Waals surface area contributed by atoms with Crippen molar-refractivity contribution < 1.29 is 0 Å². The van der Waals surface area contributed by atoms with Crippen LogP contribution in [0.2, 0.25) is 0 Å². The zero-order chi connectivity index (χ0) is 9.90. The van der Waals surface area contributed by atoms with Gasteiger partial charge in [-0.2, -0.15) is 0 Å². The standard InChI is InChI=1S/C12H25N/c1-10(2)5-6-12(7-8-12)9-13-11(3)4/h10-11,13H,5-9H2,1-4H3. The van der Waals surface area contributed by atoms with Gasteiger partial charge in [0, 0.05) is 12.6 Å². The second-order valence-electron chi connectivity index (χ2n) is 5.47. The summed E-state index contributed by atoms with van der Waals surface area (Å²) >= 11 is 0. The van der Waals surface area contributed by atoms with Gasteiger partial charge in [-0.25, -0.2) is 0 Å². The van der Waals surface area contributed by atoms with E-state index >= 15 is 0 Å². The SMILES string of the molecule is CC(C)CCC1(CNC(C)C)CC1. The van der Waals surface area contributed by atoms with Crippen molar-refractivity contribution in [2.24, 2.45) is 11.3 Å². The van der Waals surface area contributed by atoms with E-state index in [0.29, 0.717) is 11.5 Å². The van der Waals surface area contributed by atoms with Gasteiger partial charge in [-0.15, -0.1) is 0 Å². The van der Waals surface area contributed by atoms with E-state index in [1.165, 1.54) is 32.2 Å². The van der Waals surface area contributed by atoms with Gasteiger partial charge in [-0.1, -0.05) is 34.1 Å². The molecule has 0 bridgehead atoms. The molecule has 0 saturated heterocycles. The molecule has 1 N–H and O–H groups in total. The van der Waals surface area contributed by atoms with E-state index in [9.17, 15) is 0 Å². The van der Waals surface area contributed by atoms with E-state index in [0.717, 1.165) is 5.92 Å². The number of hydrogen-bond acceptors (Lipinski definition) is 1. The molecule has 0 aromatic rings. The van der Waals surface area contributed by atoms with E-state index < -0.39 is 0 Å². The molecule has 1 saturated carbocycles. The quantitative estimate of drug-likeness (QED) is 0.667. The molecule has 1 heteroatoms. The van der Waals surface area contributed by atoms with Crippen molar-refractivity contribution in [1.29, 1.82) is 0 Å². The lowest BCUT2D eigenvalue weighted by atomic mass is 9.95. The van der Waals surface area contributed by atoms with Gasteiger partial charge in [0.25, 0.3) is 0 Å². The Balaban J connectivity index is 2.15. The summed E-state index contributed by atoms with van der Waals surface area (Å²) in [4.78, 5) is 0. The van der Waals surface area contributed by atoms with Crippen LogP contribution >= 0.6 is 0 Å². The predicted octanol–water partition coefficient (Wildman–Crippen LogP) is 3.20. The number of hydrogen-bond donors (Lipinski definition) is 1. The summed E-state index contributed by atoms with van der Waals surface area (Å²) in [7, 11) is 0. The molecule has 0 heterocycles. The van der Waals surface area contributed by atoms with E-state index in [2.05, 4.69) is 33.0 Å².